The van der Waals surface area contributed by atoms with Crippen LogP contribution in [0.1, 0.15) is 57.5 Å². The Morgan fingerprint density at radius 3 is 2.68 bits per heavy atom. The quantitative estimate of drug-likeness (QED) is 0.903. The maximum atomic E-state index is 13.1. The minimum atomic E-state index is -0.577. The van der Waals surface area contributed by atoms with Crippen LogP contribution in [0.15, 0.2) is 30.6 Å². The Morgan fingerprint density at radius 2 is 2.00 bits per heavy atom. The van der Waals surface area contributed by atoms with Crippen molar-refractivity contribution in [3.05, 3.63) is 47.8 Å². The molecule has 2 aromatic rings. The van der Waals surface area contributed by atoms with Crippen molar-refractivity contribution in [1.29, 1.82) is 0 Å². The number of benzene rings is 1. The van der Waals surface area contributed by atoms with Gasteiger partial charge in [0.2, 0.25) is 0 Å². The number of aliphatic hydroxyl groups is 1. The maximum Gasteiger partial charge on any atom is 0.141 e. The maximum absolute atomic E-state index is 13.1. The molecule has 0 spiro atoms. The molecule has 3 rings (SSSR count). The van der Waals surface area contributed by atoms with Gasteiger partial charge < -0.3 is 5.11 Å². The minimum Gasteiger partial charge on any atom is -0.388 e. The monoisotopic (exact) mass is 346 g/mol. The van der Waals surface area contributed by atoms with E-state index in [0.717, 1.165) is 37.3 Å². The third kappa shape index (κ3) is 4.25. The molecule has 136 valence electrons. The van der Waals surface area contributed by atoms with Crippen molar-refractivity contribution >= 4 is 0 Å². The Morgan fingerprint density at radius 1 is 1.28 bits per heavy atom. The van der Waals surface area contributed by atoms with Crippen molar-refractivity contribution < 1.29 is 9.50 Å². The first kappa shape index (κ1) is 18.0. The first-order chi connectivity index (χ1) is 11.8. The van der Waals surface area contributed by atoms with Gasteiger partial charge in [-0.3, -0.25) is 4.90 Å². The number of hydrogen-bond donors (Lipinski definition) is 1. The standard InChI is InChI=1S/C19H27FN4O/c1-19(2,3)24-18(21-13-22-24)12-23-10-4-5-16(23)11-17(25)14-6-8-15(20)9-7-14/h6-9,13,16-17,25H,4-5,10-12H2,1-3H3/t16-,17-/m0/s1. The third-order valence-electron chi connectivity index (χ3n) is 4.85. The zero-order valence-electron chi connectivity index (χ0n) is 15.2. The van der Waals surface area contributed by atoms with E-state index in [1.54, 1.807) is 18.5 Å². The van der Waals surface area contributed by atoms with Crippen LogP contribution >= 0.6 is 0 Å². The lowest BCUT2D eigenvalue weighted by molar-refractivity contribution is 0.115. The van der Waals surface area contributed by atoms with E-state index in [1.165, 1.54) is 12.1 Å². The Labute approximate surface area is 148 Å². The first-order valence-electron chi connectivity index (χ1n) is 8.91. The van der Waals surface area contributed by atoms with Crippen LogP contribution in [0.3, 0.4) is 0 Å². The number of hydrogen-bond acceptors (Lipinski definition) is 4. The highest BCUT2D eigenvalue weighted by atomic mass is 19.1. The summed E-state index contributed by atoms with van der Waals surface area (Å²) < 4.78 is 15.0. The summed E-state index contributed by atoms with van der Waals surface area (Å²) in [5.41, 5.74) is 0.667. The largest absolute Gasteiger partial charge is 0.388 e. The lowest BCUT2D eigenvalue weighted by Gasteiger charge is -2.28. The fourth-order valence-electron chi connectivity index (χ4n) is 3.56. The highest BCUT2D eigenvalue weighted by Gasteiger charge is 2.29. The minimum absolute atomic E-state index is 0.103. The third-order valence-corrected chi connectivity index (χ3v) is 4.85. The highest BCUT2D eigenvalue weighted by molar-refractivity contribution is 5.18. The smallest absolute Gasteiger partial charge is 0.141 e. The van der Waals surface area contributed by atoms with Gasteiger partial charge in [0.05, 0.1) is 18.2 Å². The molecule has 1 aromatic carbocycles. The Bertz CT molecular complexity index is 692. The molecule has 0 bridgehead atoms. The van der Waals surface area contributed by atoms with Crippen molar-refractivity contribution in [2.24, 2.45) is 0 Å². The zero-order valence-corrected chi connectivity index (χ0v) is 15.2. The van der Waals surface area contributed by atoms with Crippen molar-refractivity contribution in [2.75, 3.05) is 6.54 Å². The van der Waals surface area contributed by atoms with Crippen LogP contribution in [0, 0.1) is 5.82 Å². The van der Waals surface area contributed by atoms with Gasteiger partial charge in [-0.2, -0.15) is 5.10 Å². The molecular weight excluding hydrogens is 319 g/mol. The molecule has 0 saturated carbocycles. The molecule has 25 heavy (non-hydrogen) atoms. The molecule has 1 aliphatic heterocycles. The van der Waals surface area contributed by atoms with E-state index in [2.05, 4.69) is 35.8 Å². The molecule has 2 heterocycles. The van der Waals surface area contributed by atoms with E-state index in [-0.39, 0.29) is 11.4 Å². The number of rotatable bonds is 5. The van der Waals surface area contributed by atoms with E-state index >= 15 is 0 Å². The van der Waals surface area contributed by atoms with Crippen molar-refractivity contribution in [3.63, 3.8) is 0 Å². The second-order valence-electron chi connectivity index (χ2n) is 7.83. The van der Waals surface area contributed by atoms with Gasteiger partial charge in [0.15, 0.2) is 0 Å². The number of aromatic nitrogens is 3. The fraction of sp³-hybridized carbons (Fsp3) is 0.579. The zero-order chi connectivity index (χ0) is 18.0. The molecule has 0 amide bonds. The Hall–Kier alpha value is -1.79. The Balaban J connectivity index is 1.67. The summed E-state index contributed by atoms with van der Waals surface area (Å²) >= 11 is 0. The van der Waals surface area contributed by atoms with Gasteiger partial charge in [-0.15, -0.1) is 0 Å². The summed E-state index contributed by atoms with van der Waals surface area (Å²) in [5.74, 6) is 0.677. The number of likely N-dealkylation sites (tertiary alicyclic amines) is 1. The van der Waals surface area contributed by atoms with Gasteiger partial charge in [0, 0.05) is 6.04 Å². The van der Waals surface area contributed by atoms with Gasteiger partial charge in [0.1, 0.15) is 18.0 Å². The van der Waals surface area contributed by atoms with E-state index in [1.807, 2.05) is 4.68 Å². The molecule has 0 radical (unpaired) electrons. The second-order valence-corrected chi connectivity index (χ2v) is 7.83. The van der Waals surface area contributed by atoms with E-state index < -0.39 is 6.10 Å². The second kappa shape index (κ2) is 7.22. The topological polar surface area (TPSA) is 54.2 Å². The van der Waals surface area contributed by atoms with Gasteiger partial charge in [-0.25, -0.2) is 14.1 Å². The summed E-state index contributed by atoms with van der Waals surface area (Å²) in [5, 5.41) is 14.9. The summed E-state index contributed by atoms with van der Waals surface area (Å²) in [4.78, 5) is 6.81. The molecule has 0 unspecified atom stereocenters. The molecule has 1 N–H and O–H groups in total. The molecule has 1 fully saturated rings. The summed E-state index contributed by atoms with van der Waals surface area (Å²) in [7, 11) is 0. The van der Waals surface area contributed by atoms with E-state index in [4.69, 9.17) is 0 Å². The predicted octanol–water partition coefficient (Wildman–Crippen LogP) is 3.26. The summed E-state index contributed by atoms with van der Waals surface area (Å²) in [6.07, 6.45) is 3.85. The average molecular weight is 346 g/mol. The highest BCUT2D eigenvalue weighted by Crippen LogP contribution is 2.29. The lowest BCUT2D eigenvalue weighted by Crippen LogP contribution is -2.34. The molecule has 0 aliphatic carbocycles. The molecule has 2 atom stereocenters. The molecule has 5 nitrogen and oxygen atoms in total. The molecule has 1 aromatic heterocycles. The number of aliphatic hydroxyl groups excluding tert-OH is 1. The number of nitrogens with zero attached hydrogens (tertiary/aromatic N) is 4. The lowest BCUT2D eigenvalue weighted by atomic mass is 10.0. The van der Waals surface area contributed by atoms with Crippen LogP contribution in [-0.2, 0) is 12.1 Å². The van der Waals surface area contributed by atoms with Gasteiger partial charge in [-0.1, -0.05) is 12.1 Å². The van der Waals surface area contributed by atoms with Crippen molar-refractivity contribution in [2.45, 2.75) is 64.3 Å². The predicted molar refractivity (Wildman–Crippen MR) is 94.4 cm³/mol. The first-order valence-corrected chi connectivity index (χ1v) is 8.91. The van der Waals surface area contributed by atoms with Gasteiger partial charge >= 0.3 is 0 Å². The van der Waals surface area contributed by atoms with Crippen LogP contribution in [0.5, 0.6) is 0 Å². The SMILES string of the molecule is CC(C)(C)n1ncnc1CN1CCC[C@H]1C[C@H](O)c1ccc(F)cc1. The fourth-order valence-corrected chi connectivity index (χ4v) is 3.56. The van der Waals surface area contributed by atoms with Crippen molar-refractivity contribution in [3.8, 4) is 0 Å². The average Bonchev–Trinajstić information content (AvgIpc) is 3.18. The molecule has 1 aliphatic rings. The molecule has 6 heteroatoms. The van der Waals surface area contributed by atoms with E-state index in [0.29, 0.717) is 12.5 Å². The number of halogens is 1. The van der Waals surface area contributed by atoms with Crippen molar-refractivity contribution in [1.82, 2.24) is 19.7 Å². The van der Waals surface area contributed by atoms with Crippen LogP contribution in [0.25, 0.3) is 0 Å². The van der Waals surface area contributed by atoms with Crippen LogP contribution in [0.2, 0.25) is 0 Å². The molecular formula is C19H27FN4O. The van der Waals surface area contributed by atoms with Crippen LogP contribution in [0.4, 0.5) is 4.39 Å². The normalized spacial score (nSPS) is 20.1. The van der Waals surface area contributed by atoms with Gasteiger partial charge in [-0.05, 0) is 64.3 Å². The Kier molecular flexibility index (Phi) is 5.20. The molecule has 1 saturated heterocycles. The summed E-state index contributed by atoms with van der Waals surface area (Å²) in [6, 6.07) is 6.42. The van der Waals surface area contributed by atoms with Crippen LogP contribution < -0.4 is 0 Å². The summed E-state index contributed by atoms with van der Waals surface area (Å²) in [6.45, 7) is 8.08. The van der Waals surface area contributed by atoms with Crippen LogP contribution in [-0.4, -0.2) is 37.4 Å². The van der Waals surface area contributed by atoms with Gasteiger partial charge in [0.25, 0.3) is 0 Å². The van der Waals surface area contributed by atoms with E-state index in [9.17, 15) is 9.50 Å².